The molecule has 0 radical (unpaired) electrons. The number of rotatable bonds is 5. The van der Waals surface area contributed by atoms with Crippen LogP contribution in [0.5, 0.6) is 0 Å². The minimum absolute atomic E-state index is 0.115. The van der Waals surface area contributed by atoms with Crippen LogP contribution >= 0.6 is 11.6 Å². The van der Waals surface area contributed by atoms with Gasteiger partial charge >= 0.3 is 0 Å². The highest BCUT2D eigenvalue weighted by atomic mass is 35.5. The standard InChI is InChI=1S/C17H22ClN3O2S/c1-3-11-24(22,23)21-13-15(18)17-14(5-4-6-16(17)21)12-20-9-7-19(2)8-10-20/h3-6,13H,1,7-12H2,2H3. The minimum Gasteiger partial charge on any atom is -0.304 e. The van der Waals surface area contributed by atoms with Crippen LogP contribution < -0.4 is 0 Å². The van der Waals surface area contributed by atoms with Gasteiger partial charge in [-0.25, -0.2) is 12.4 Å². The van der Waals surface area contributed by atoms with Crippen molar-refractivity contribution >= 4 is 32.5 Å². The summed E-state index contributed by atoms with van der Waals surface area (Å²) in [4.78, 5) is 4.68. The maximum Gasteiger partial charge on any atom is 0.242 e. The molecular weight excluding hydrogens is 346 g/mol. The maximum atomic E-state index is 12.4. The van der Waals surface area contributed by atoms with Crippen LogP contribution in [0.3, 0.4) is 0 Å². The van der Waals surface area contributed by atoms with E-state index < -0.39 is 10.0 Å². The lowest BCUT2D eigenvalue weighted by Gasteiger charge is -2.32. The van der Waals surface area contributed by atoms with Crippen molar-refractivity contribution in [3.63, 3.8) is 0 Å². The Kier molecular flexibility index (Phi) is 5.01. The number of piperazine rings is 1. The number of fused-ring (bicyclic) bond motifs is 1. The molecule has 5 nitrogen and oxygen atoms in total. The zero-order valence-electron chi connectivity index (χ0n) is 13.8. The number of aromatic nitrogens is 1. The second-order valence-corrected chi connectivity index (χ2v) is 8.53. The summed E-state index contributed by atoms with van der Waals surface area (Å²) in [7, 11) is -1.35. The van der Waals surface area contributed by atoms with Crippen LogP contribution in [-0.4, -0.2) is 61.2 Å². The van der Waals surface area contributed by atoms with Crippen LogP contribution in [0.15, 0.2) is 37.1 Å². The van der Waals surface area contributed by atoms with Gasteiger partial charge in [0, 0.05) is 44.3 Å². The van der Waals surface area contributed by atoms with Crippen molar-refractivity contribution in [2.75, 3.05) is 39.0 Å². The second kappa shape index (κ2) is 6.88. The molecule has 0 spiro atoms. The summed E-state index contributed by atoms with van der Waals surface area (Å²) in [5.41, 5.74) is 1.70. The smallest absolute Gasteiger partial charge is 0.242 e. The van der Waals surface area contributed by atoms with E-state index in [0.29, 0.717) is 10.5 Å². The highest BCUT2D eigenvalue weighted by molar-refractivity contribution is 7.90. The van der Waals surface area contributed by atoms with Crippen molar-refractivity contribution in [1.82, 2.24) is 13.8 Å². The van der Waals surface area contributed by atoms with Gasteiger partial charge in [-0.3, -0.25) is 4.90 Å². The summed E-state index contributed by atoms with van der Waals surface area (Å²) in [5, 5.41) is 1.30. The third-order valence-corrected chi connectivity index (χ3v) is 6.30. The molecule has 0 saturated carbocycles. The number of likely N-dealkylation sites (N-methyl/N-ethyl adjacent to an activating group) is 1. The summed E-state index contributed by atoms with van der Waals surface area (Å²) in [6.45, 7) is 8.38. The summed E-state index contributed by atoms with van der Waals surface area (Å²) in [5.74, 6) is -0.115. The van der Waals surface area contributed by atoms with Crippen LogP contribution in [-0.2, 0) is 16.6 Å². The lowest BCUT2D eigenvalue weighted by Crippen LogP contribution is -2.43. The maximum absolute atomic E-state index is 12.4. The Labute approximate surface area is 148 Å². The quantitative estimate of drug-likeness (QED) is 0.761. The summed E-state index contributed by atoms with van der Waals surface area (Å²) < 4.78 is 26.1. The third-order valence-electron chi connectivity index (χ3n) is 4.45. The molecule has 130 valence electrons. The molecule has 1 aliphatic rings. The number of hydrogen-bond acceptors (Lipinski definition) is 4. The predicted molar refractivity (Wildman–Crippen MR) is 99.1 cm³/mol. The molecular formula is C17H22ClN3O2S. The summed E-state index contributed by atoms with van der Waals surface area (Å²) in [6, 6.07) is 5.72. The van der Waals surface area contributed by atoms with Gasteiger partial charge < -0.3 is 4.90 Å². The number of benzene rings is 1. The molecule has 0 atom stereocenters. The molecule has 2 aromatic rings. The number of halogens is 1. The van der Waals surface area contributed by atoms with Crippen LogP contribution in [0, 0.1) is 0 Å². The number of hydrogen-bond donors (Lipinski definition) is 0. The second-order valence-electron chi connectivity index (χ2n) is 6.23. The number of nitrogens with zero attached hydrogens (tertiary/aromatic N) is 3. The fourth-order valence-corrected chi connectivity index (χ4v) is 4.67. The van der Waals surface area contributed by atoms with Crippen LogP contribution in [0.2, 0.25) is 5.02 Å². The molecule has 1 saturated heterocycles. The van der Waals surface area contributed by atoms with Gasteiger partial charge in [0.15, 0.2) is 0 Å². The molecule has 0 aliphatic carbocycles. The predicted octanol–water partition coefficient (Wildman–Crippen LogP) is 2.41. The highest BCUT2D eigenvalue weighted by Gasteiger charge is 2.21. The molecule has 0 N–H and O–H groups in total. The van der Waals surface area contributed by atoms with E-state index >= 15 is 0 Å². The summed E-state index contributed by atoms with van der Waals surface area (Å²) in [6.07, 6.45) is 2.89. The molecule has 1 aromatic carbocycles. The van der Waals surface area contributed by atoms with Crippen molar-refractivity contribution < 1.29 is 8.42 Å². The van der Waals surface area contributed by atoms with E-state index in [1.54, 1.807) is 6.07 Å². The molecule has 2 heterocycles. The topological polar surface area (TPSA) is 45.6 Å². The van der Waals surface area contributed by atoms with E-state index in [9.17, 15) is 8.42 Å². The average Bonchev–Trinajstić information content (AvgIpc) is 2.89. The van der Waals surface area contributed by atoms with Crippen LogP contribution in [0.1, 0.15) is 5.56 Å². The fourth-order valence-electron chi connectivity index (χ4n) is 3.12. The van der Waals surface area contributed by atoms with Gasteiger partial charge in [-0.2, -0.15) is 0 Å². The third kappa shape index (κ3) is 3.37. The molecule has 1 fully saturated rings. The van der Waals surface area contributed by atoms with Crippen molar-refractivity contribution in [3.05, 3.63) is 47.6 Å². The van der Waals surface area contributed by atoms with Crippen molar-refractivity contribution in [1.29, 1.82) is 0 Å². The Morgan fingerprint density at radius 2 is 1.96 bits per heavy atom. The normalized spacial score (nSPS) is 17.4. The Morgan fingerprint density at radius 1 is 1.25 bits per heavy atom. The zero-order chi connectivity index (χ0) is 17.3. The van der Waals surface area contributed by atoms with Crippen LogP contribution in [0.25, 0.3) is 10.9 Å². The van der Waals surface area contributed by atoms with E-state index in [1.165, 1.54) is 16.2 Å². The van der Waals surface area contributed by atoms with Gasteiger partial charge in [0.05, 0.1) is 16.3 Å². The van der Waals surface area contributed by atoms with Crippen molar-refractivity contribution in [3.8, 4) is 0 Å². The van der Waals surface area contributed by atoms with Gasteiger partial charge in [0.25, 0.3) is 0 Å². The monoisotopic (exact) mass is 367 g/mol. The molecule has 1 aliphatic heterocycles. The van der Waals surface area contributed by atoms with E-state index in [1.807, 2.05) is 12.1 Å². The first kappa shape index (κ1) is 17.5. The molecule has 7 heteroatoms. The lowest BCUT2D eigenvalue weighted by atomic mass is 10.1. The van der Waals surface area contributed by atoms with Crippen molar-refractivity contribution in [2.45, 2.75) is 6.54 Å². The van der Waals surface area contributed by atoms with Gasteiger partial charge in [-0.1, -0.05) is 29.8 Å². The highest BCUT2D eigenvalue weighted by Crippen LogP contribution is 2.31. The average molecular weight is 368 g/mol. The van der Waals surface area contributed by atoms with Crippen molar-refractivity contribution in [2.24, 2.45) is 0 Å². The van der Waals surface area contributed by atoms with E-state index in [0.717, 1.165) is 43.7 Å². The Hall–Kier alpha value is -1.34. The fraction of sp³-hybridized carbons (Fsp3) is 0.412. The molecule has 1 aromatic heterocycles. The first-order valence-electron chi connectivity index (χ1n) is 7.96. The summed E-state index contributed by atoms with van der Waals surface area (Å²) >= 11 is 6.39. The molecule has 0 bridgehead atoms. The van der Waals surface area contributed by atoms with Gasteiger partial charge in [-0.05, 0) is 18.7 Å². The first-order chi connectivity index (χ1) is 11.4. The molecule has 3 rings (SSSR count). The van der Waals surface area contributed by atoms with Gasteiger partial charge in [0.2, 0.25) is 10.0 Å². The SMILES string of the molecule is C=CCS(=O)(=O)n1cc(Cl)c2c(CN3CCN(C)CC3)cccc21. The molecule has 24 heavy (non-hydrogen) atoms. The lowest BCUT2D eigenvalue weighted by molar-refractivity contribution is 0.148. The van der Waals surface area contributed by atoms with Gasteiger partial charge in [-0.15, -0.1) is 6.58 Å². The van der Waals surface area contributed by atoms with Crippen LogP contribution in [0.4, 0.5) is 0 Å². The minimum atomic E-state index is -3.48. The Bertz CT molecular complexity index is 852. The molecule has 0 amide bonds. The van der Waals surface area contributed by atoms with E-state index in [2.05, 4.69) is 23.4 Å². The van der Waals surface area contributed by atoms with E-state index in [-0.39, 0.29) is 5.75 Å². The largest absolute Gasteiger partial charge is 0.304 e. The van der Waals surface area contributed by atoms with Gasteiger partial charge in [0.1, 0.15) is 0 Å². The Balaban J connectivity index is 1.99. The first-order valence-corrected chi connectivity index (χ1v) is 9.94. The Morgan fingerprint density at radius 3 is 2.62 bits per heavy atom. The zero-order valence-corrected chi connectivity index (χ0v) is 15.4. The molecule has 0 unspecified atom stereocenters. The van der Waals surface area contributed by atoms with E-state index in [4.69, 9.17) is 11.6 Å².